The zero-order valence-corrected chi connectivity index (χ0v) is 9.98. The average molecular weight is 241 g/mol. The molecule has 84 valence electrons. The minimum Gasteiger partial charge on any atom is -0.279 e. The molecule has 0 N–H and O–H groups in total. The van der Waals surface area contributed by atoms with Crippen LogP contribution in [0.25, 0.3) is 6.08 Å². The summed E-state index contributed by atoms with van der Waals surface area (Å²) in [6.07, 6.45) is 3.39. The lowest BCUT2D eigenvalue weighted by molar-refractivity contribution is 0.108. The van der Waals surface area contributed by atoms with E-state index in [4.69, 9.17) is 0 Å². The van der Waals surface area contributed by atoms with Gasteiger partial charge in [0.15, 0.2) is 0 Å². The van der Waals surface area contributed by atoms with Crippen LogP contribution in [0, 0.1) is 0 Å². The van der Waals surface area contributed by atoms with Gasteiger partial charge < -0.3 is 0 Å². The van der Waals surface area contributed by atoms with Gasteiger partial charge in [-0.1, -0.05) is 30.9 Å². The highest BCUT2D eigenvalue weighted by Gasteiger charge is 2.08. The van der Waals surface area contributed by atoms with Crippen molar-refractivity contribution in [2.24, 2.45) is 0 Å². The van der Waals surface area contributed by atoms with Crippen LogP contribution in [0.2, 0.25) is 0 Å². The maximum Gasteiger partial charge on any atom is 0.242 e. The Kier molecular flexibility index (Phi) is 3.73. The molecule has 0 aliphatic heterocycles. The molecule has 0 saturated carbocycles. The average Bonchev–Trinajstić information content (AvgIpc) is 2.40. The van der Waals surface area contributed by atoms with Gasteiger partial charge in [0.25, 0.3) is 0 Å². The summed E-state index contributed by atoms with van der Waals surface area (Å²) in [5, 5.41) is -0.0445. The van der Waals surface area contributed by atoms with Gasteiger partial charge in [0.1, 0.15) is 5.69 Å². The molecule has 17 heavy (non-hydrogen) atoms. The van der Waals surface area contributed by atoms with Crippen LogP contribution in [0.4, 0.5) is 0 Å². The maximum absolute atomic E-state index is 11.8. The molecule has 0 fully saturated rings. The molecule has 2 aromatic rings. The largest absolute Gasteiger partial charge is 0.279 e. The number of nitrogens with zero attached hydrogens (tertiary/aromatic N) is 1. The van der Waals surface area contributed by atoms with E-state index in [1.807, 2.05) is 30.3 Å². The minimum atomic E-state index is -0.0445. The first-order valence-corrected chi connectivity index (χ1v) is 5.97. The molecular formula is C14H11NOS. The van der Waals surface area contributed by atoms with E-state index in [9.17, 15) is 4.79 Å². The Morgan fingerprint density at radius 2 is 1.94 bits per heavy atom. The van der Waals surface area contributed by atoms with E-state index in [0.29, 0.717) is 5.69 Å². The van der Waals surface area contributed by atoms with Crippen LogP contribution in [0.15, 0.2) is 60.1 Å². The molecule has 0 atom stereocenters. The summed E-state index contributed by atoms with van der Waals surface area (Å²) in [6.45, 7) is 3.69. The number of carbonyl (C=O) groups is 1. The summed E-state index contributed by atoms with van der Waals surface area (Å²) in [4.78, 5) is 16.8. The SMILES string of the molecule is C=Cc1ccc(SC(=O)c2ccccn2)cc1. The van der Waals surface area contributed by atoms with Crippen LogP contribution in [0.5, 0.6) is 0 Å². The number of rotatable bonds is 3. The topological polar surface area (TPSA) is 30.0 Å². The normalized spacial score (nSPS) is 9.88. The van der Waals surface area contributed by atoms with Gasteiger partial charge in [-0.3, -0.25) is 9.78 Å². The summed E-state index contributed by atoms with van der Waals surface area (Å²) in [5.74, 6) is 0. The first kappa shape index (κ1) is 11.6. The van der Waals surface area contributed by atoms with Crippen molar-refractivity contribution in [1.82, 2.24) is 4.98 Å². The lowest BCUT2D eigenvalue weighted by Crippen LogP contribution is -1.95. The molecule has 1 aromatic carbocycles. The van der Waals surface area contributed by atoms with Crippen LogP contribution in [-0.2, 0) is 0 Å². The van der Waals surface area contributed by atoms with E-state index < -0.39 is 0 Å². The Labute approximate surface area is 104 Å². The molecule has 0 unspecified atom stereocenters. The number of hydrogen-bond acceptors (Lipinski definition) is 3. The summed E-state index contributed by atoms with van der Waals surface area (Å²) < 4.78 is 0. The molecule has 0 amide bonds. The predicted molar refractivity (Wildman–Crippen MR) is 71.0 cm³/mol. The van der Waals surface area contributed by atoms with Gasteiger partial charge in [0, 0.05) is 11.1 Å². The van der Waals surface area contributed by atoms with Gasteiger partial charge in [0.2, 0.25) is 5.12 Å². The number of thioether (sulfide) groups is 1. The second kappa shape index (κ2) is 5.46. The van der Waals surface area contributed by atoms with Crippen molar-refractivity contribution in [3.63, 3.8) is 0 Å². The summed E-state index contributed by atoms with van der Waals surface area (Å²) in [5.41, 5.74) is 1.52. The van der Waals surface area contributed by atoms with Crippen molar-refractivity contribution >= 4 is 23.0 Å². The van der Waals surface area contributed by atoms with Crippen molar-refractivity contribution in [3.05, 3.63) is 66.5 Å². The highest BCUT2D eigenvalue weighted by atomic mass is 32.2. The second-order valence-corrected chi connectivity index (χ2v) is 4.42. The molecule has 0 bridgehead atoms. The van der Waals surface area contributed by atoms with Gasteiger partial charge in [-0.25, -0.2) is 0 Å². The lowest BCUT2D eigenvalue weighted by Gasteiger charge is -2.00. The summed E-state index contributed by atoms with van der Waals surface area (Å²) in [7, 11) is 0. The van der Waals surface area contributed by atoms with Crippen LogP contribution in [0.1, 0.15) is 16.1 Å². The van der Waals surface area contributed by atoms with Gasteiger partial charge in [-0.05, 0) is 41.6 Å². The number of carbonyl (C=O) groups excluding carboxylic acids is 1. The molecular weight excluding hydrogens is 230 g/mol. The predicted octanol–water partition coefficient (Wildman–Crippen LogP) is 3.66. The molecule has 0 radical (unpaired) electrons. The molecule has 0 aliphatic carbocycles. The van der Waals surface area contributed by atoms with E-state index in [2.05, 4.69) is 11.6 Å². The lowest BCUT2D eigenvalue weighted by atomic mass is 10.2. The molecule has 1 heterocycles. The van der Waals surface area contributed by atoms with E-state index in [0.717, 1.165) is 10.5 Å². The maximum atomic E-state index is 11.8. The molecule has 2 nitrogen and oxygen atoms in total. The van der Waals surface area contributed by atoms with Gasteiger partial charge in [-0.2, -0.15) is 0 Å². The molecule has 1 aromatic heterocycles. The molecule has 3 heteroatoms. The summed E-state index contributed by atoms with van der Waals surface area (Å²) >= 11 is 1.18. The van der Waals surface area contributed by atoms with Crippen molar-refractivity contribution in [2.45, 2.75) is 4.90 Å². The van der Waals surface area contributed by atoms with Gasteiger partial charge >= 0.3 is 0 Å². The number of benzene rings is 1. The fourth-order valence-electron chi connectivity index (χ4n) is 1.31. The van der Waals surface area contributed by atoms with Crippen LogP contribution in [-0.4, -0.2) is 10.1 Å². The second-order valence-electron chi connectivity index (χ2n) is 3.38. The smallest absolute Gasteiger partial charge is 0.242 e. The van der Waals surface area contributed by atoms with Crippen molar-refractivity contribution in [3.8, 4) is 0 Å². The van der Waals surface area contributed by atoms with Crippen LogP contribution < -0.4 is 0 Å². The molecule has 0 aliphatic rings. The molecule has 0 saturated heterocycles. The van der Waals surface area contributed by atoms with Crippen molar-refractivity contribution in [2.75, 3.05) is 0 Å². The zero-order valence-electron chi connectivity index (χ0n) is 9.17. The Balaban J connectivity index is 2.10. The monoisotopic (exact) mass is 241 g/mol. The highest BCUT2D eigenvalue weighted by Crippen LogP contribution is 2.22. The first-order chi connectivity index (χ1) is 8.29. The van der Waals surface area contributed by atoms with Crippen LogP contribution >= 0.6 is 11.8 Å². The number of aromatic nitrogens is 1. The Hall–Kier alpha value is -1.87. The number of hydrogen-bond donors (Lipinski definition) is 0. The summed E-state index contributed by atoms with van der Waals surface area (Å²) in [6, 6.07) is 13.0. The highest BCUT2D eigenvalue weighted by molar-refractivity contribution is 8.14. The standard InChI is InChI=1S/C14H11NOS/c1-2-11-6-8-12(9-7-11)17-14(16)13-5-3-4-10-15-13/h2-10H,1H2. The first-order valence-electron chi connectivity index (χ1n) is 5.15. The molecule has 0 spiro atoms. The van der Waals surface area contributed by atoms with E-state index >= 15 is 0 Å². The number of pyridine rings is 1. The minimum absolute atomic E-state index is 0.0445. The third-order valence-electron chi connectivity index (χ3n) is 2.20. The van der Waals surface area contributed by atoms with Gasteiger partial charge in [-0.15, -0.1) is 0 Å². The van der Waals surface area contributed by atoms with E-state index in [1.165, 1.54) is 11.8 Å². The fraction of sp³-hybridized carbons (Fsp3) is 0. The Morgan fingerprint density at radius 3 is 2.53 bits per heavy atom. The Morgan fingerprint density at radius 1 is 1.18 bits per heavy atom. The Bertz CT molecular complexity index is 520. The quantitative estimate of drug-likeness (QED) is 0.768. The zero-order chi connectivity index (χ0) is 12.1. The van der Waals surface area contributed by atoms with Crippen LogP contribution in [0.3, 0.4) is 0 Å². The van der Waals surface area contributed by atoms with Crippen molar-refractivity contribution in [1.29, 1.82) is 0 Å². The van der Waals surface area contributed by atoms with E-state index in [1.54, 1.807) is 24.4 Å². The van der Waals surface area contributed by atoms with Crippen molar-refractivity contribution < 1.29 is 4.79 Å². The third kappa shape index (κ3) is 3.04. The fourth-order valence-corrected chi connectivity index (χ4v) is 2.03. The molecule has 2 rings (SSSR count). The third-order valence-corrected chi connectivity index (χ3v) is 3.10. The van der Waals surface area contributed by atoms with Gasteiger partial charge in [0.05, 0.1) is 0 Å². The van der Waals surface area contributed by atoms with E-state index in [-0.39, 0.29) is 5.12 Å².